The van der Waals surface area contributed by atoms with Crippen molar-refractivity contribution >= 4 is 17.4 Å². The van der Waals surface area contributed by atoms with E-state index in [0.29, 0.717) is 17.2 Å². The van der Waals surface area contributed by atoms with Gasteiger partial charge in [-0.1, -0.05) is 26.0 Å². The van der Waals surface area contributed by atoms with Crippen molar-refractivity contribution in [2.45, 2.75) is 20.0 Å². The van der Waals surface area contributed by atoms with E-state index in [1.807, 2.05) is 18.2 Å². The van der Waals surface area contributed by atoms with Crippen LogP contribution in [0.5, 0.6) is 5.75 Å². The first kappa shape index (κ1) is 17.1. The molecule has 0 amide bonds. The van der Waals surface area contributed by atoms with Crippen molar-refractivity contribution in [3.05, 3.63) is 24.3 Å². The monoisotopic (exact) mass is 298 g/mol. The summed E-state index contributed by atoms with van der Waals surface area (Å²) < 4.78 is 5.52. The van der Waals surface area contributed by atoms with E-state index in [-0.39, 0.29) is 6.61 Å². The zero-order chi connectivity index (χ0) is 14.8. The Morgan fingerprint density at radius 3 is 2.65 bits per heavy atom. The van der Waals surface area contributed by atoms with Crippen LogP contribution in [0.4, 0.5) is 5.69 Å². The Bertz CT molecular complexity index is 373. The van der Waals surface area contributed by atoms with Crippen molar-refractivity contribution < 1.29 is 9.84 Å². The first-order chi connectivity index (χ1) is 9.67. The molecule has 0 aliphatic carbocycles. The largest absolute Gasteiger partial charge is 0.489 e. The minimum absolute atomic E-state index is 0.284. The van der Waals surface area contributed by atoms with Crippen LogP contribution in [-0.4, -0.2) is 53.9 Å². The van der Waals surface area contributed by atoms with E-state index in [0.717, 1.165) is 25.4 Å². The normalized spacial score (nSPS) is 12.6. The molecule has 0 saturated carbocycles. The van der Waals surface area contributed by atoms with Gasteiger partial charge in [-0.3, -0.25) is 0 Å². The van der Waals surface area contributed by atoms with Crippen LogP contribution in [0.2, 0.25) is 0 Å². The topological polar surface area (TPSA) is 58.7 Å². The fraction of sp³-hybridized carbons (Fsp3) is 0.600. The van der Waals surface area contributed by atoms with Crippen LogP contribution in [0.1, 0.15) is 13.8 Å². The first-order valence-electron chi connectivity index (χ1n) is 7.12. The minimum atomic E-state index is -0.462. The van der Waals surface area contributed by atoms with Crippen LogP contribution in [-0.2, 0) is 0 Å². The standard InChI is InChI=1S/C15H26N2O2S/c1-3-17(4-2)9-10-20-12-13(18)11-19-15-8-6-5-7-14(15)16/h5-8,13,18H,3-4,9-12,16H2,1-2H3. The number of nitrogens with two attached hydrogens (primary N) is 1. The highest BCUT2D eigenvalue weighted by Crippen LogP contribution is 2.20. The molecule has 0 aliphatic heterocycles. The number of hydrogen-bond donors (Lipinski definition) is 2. The number of aliphatic hydroxyl groups excluding tert-OH is 1. The number of aliphatic hydroxyl groups is 1. The molecule has 0 aliphatic rings. The van der Waals surface area contributed by atoms with Gasteiger partial charge in [-0.15, -0.1) is 0 Å². The van der Waals surface area contributed by atoms with Crippen LogP contribution in [0, 0.1) is 0 Å². The number of rotatable bonds is 10. The highest BCUT2D eigenvalue weighted by Gasteiger charge is 2.07. The maximum absolute atomic E-state index is 9.88. The van der Waals surface area contributed by atoms with Crippen molar-refractivity contribution in [3.63, 3.8) is 0 Å². The molecule has 0 fully saturated rings. The minimum Gasteiger partial charge on any atom is -0.489 e. The molecular weight excluding hydrogens is 272 g/mol. The van der Waals surface area contributed by atoms with Gasteiger partial charge in [-0.2, -0.15) is 11.8 Å². The molecule has 20 heavy (non-hydrogen) atoms. The Labute approximate surface area is 126 Å². The number of ether oxygens (including phenoxy) is 1. The van der Waals surface area contributed by atoms with Gasteiger partial charge in [0, 0.05) is 18.1 Å². The molecule has 1 atom stereocenters. The van der Waals surface area contributed by atoms with E-state index in [9.17, 15) is 5.11 Å². The van der Waals surface area contributed by atoms with E-state index in [1.165, 1.54) is 0 Å². The summed E-state index contributed by atoms with van der Waals surface area (Å²) in [5.41, 5.74) is 6.38. The lowest BCUT2D eigenvalue weighted by molar-refractivity contribution is 0.127. The number of anilines is 1. The molecule has 0 saturated heterocycles. The molecule has 1 rings (SSSR count). The zero-order valence-corrected chi connectivity index (χ0v) is 13.2. The predicted octanol–water partition coefficient (Wildman–Crippen LogP) is 2.08. The number of nitrogen functional groups attached to an aromatic ring is 1. The van der Waals surface area contributed by atoms with Gasteiger partial charge in [0.15, 0.2) is 0 Å². The van der Waals surface area contributed by atoms with Gasteiger partial charge in [0.05, 0.1) is 11.8 Å². The van der Waals surface area contributed by atoms with Gasteiger partial charge >= 0.3 is 0 Å². The molecule has 1 aromatic carbocycles. The second-order valence-corrected chi connectivity index (χ2v) is 5.75. The van der Waals surface area contributed by atoms with E-state index in [4.69, 9.17) is 10.5 Å². The average Bonchev–Trinajstić information content (AvgIpc) is 2.46. The molecule has 0 aromatic heterocycles. The fourth-order valence-electron chi connectivity index (χ4n) is 1.80. The van der Waals surface area contributed by atoms with Gasteiger partial charge < -0.3 is 20.5 Å². The molecule has 1 unspecified atom stereocenters. The lowest BCUT2D eigenvalue weighted by Gasteiger charge is -2.18. The van der Waals surface area contributed by atoms with Crippen molar-refractivity contribution in [1.82, 2.24) is 4.90 Å². The van der Waals surface area contributed by atoms with Crippen LogP contribution >= 0.6 is 11.8 Å². The second-order valence-electron chi connectivity index (χ2n) is 4.60. The summed E-state index contributed by atoms with van der Waals surface area (Å²) in [6.45, 7) is 7.84. The first-order valence-corrected chi connectivity index (χ1v) is 8.28. The number of para-hydroxylation sites is 2. The summed E-state index contributed by atoms with van der Waals surface area (Å²) in [5, 5.41) is 9.88. The van der Waals surface area contributed by atoms with Crippen LogP contribution in [0.15, 0.2) is 24.3 Å². The van der Waals surface area contributed by atoms with Crippen molar-refractivity contribution in [2.75, 3.05) is 43.5 Å². The smallest absolute Gasteiger partial charge is 0.142 e. The summed E-state index contributed by atoms with van der Waals surface area (Å²) in [6.07, 6.45) is -0.462. The predicted molar refractivity (Wildman–Crippen MR) is 87.5 cm³/mol. The third-order valence-corrected chi connectivity index (χ3v) is 4.20. The Hall–Kier alpha value is -0.910. The highest BCUT2D eigenvalue weighted by molar-refractivity contribution is 7.99. The molecule has 5 heteroatoms. The lowest BCUT2D eigenvalue weighted by Crippen LogP contribution is -2.26. The van der Waals surface area contributed by atoms with Gasteiger partial charge in [0.25, 0.3) is 0 Å². The van der Waals surface area contributed by atoms with E-state index in [1.54, 1.807) is 17.8 Å². The quantitative estimate of drug-likeness (QED) is 0.511. The van der Waals surface area contributed by atoms with Crippen molar-refractivity contribution in [3.8, 4) is 5.75 Å². The summed E-state index contributed by atoms with van der Waals surface area (Å²) in [5.74, 6) is 2.36. The summed E-state index contributed by atoms with van der Waals surface area (Å²) in [7, 11) is 0. The Morgan fingerprint density at radius 1 is 1.30 bits per heavy atom. The number of hydrogen-bond acceptors (Lipinski definition) is 5. The van der Waals surface area contributed by atoms with Crippen LogP contribution in [0.25, 0.3) is 0 Å². The lowest BCUT2D eigenvalue weighted by atomic mass is 10.3. The third kappa shape index (κ3) is 6.50. The number of nitrogens with zero attached hydrogens (tertiary/aromatic N) is 1. The van der Waals surface area contributed by atoms with Crippen molar-refractivity contribution in [1.29, 1.82) is 0 Å². The van der Waals surface area contributed by atoms with E-state index >= 15 is 0 Å². The van der Waals surface area contributed by atoms with Crippen LogP contribution in [0.3, 0.4) is 0 Å². The molecule has 0 spiro atoms. The van der Waals surface area contributed by atoms with Crippen LogP contribution < -0.4 is 10.5 Å². The zero-order valence-electron chi connectivity index (χ0n) is 12.4. The van der Waals surface area contributed by atoms with Crippen molar-refractivity contribution in [2.24, 2.45) is 0 Å². The van der Waals surface area contributed by atoms with Gasteiger partial charge in [-0.05, 0) is 25.2 Å². The van der Waals surface area contributed by atoms with Gasteiger partial charge in [-0.25, -0.2) is 0 Å². The summed E-state index contributed by atoms with van der Waals surface area (Å²) >= 11 is 1.76. The Kier molecular flexibility index (Phi) is 8.49. The molecule has 3 N–H and O–H groups in total. The molecule has 0 bridgehead atoms. The summed E-state index contributed by atoms with van der Waals surface area (Å²) in [6, 6.07) is 7.34. The Balaban J connectivity index is 2.15. The van der Waals surface area contributed by atoms with Gasteiger partial charge in [0.2, 0.25) is 0 Å². The molecule has 114 valence electrons. The maximum Gasteiger partial charge on any atom is 0.142 e. The molecule has 0 heterocycles. The highest BCUT2D eigenvalue weighted by atomic mass is 32.2. The molecular formula is C15H26N2O2S. The van der Waals surface area contributed by atoms with Gasteiger partial charge in [0.1, 0.15) is 12.4 Å². The average molecular weight is 298 g/mol. The molecule has 1 aromatic rings. The molecule has 0 radical (unpaired) electrons. The second kappa shape index (κ2) is 9.91. The van der Waals surface area contributed by atoms with E-state index < -0.39 is 6.10 Å². The molecule has 4 nitrogen and oxygen atoms in total. The number of thioether (sulfide) groups is 1. The van der Waals surface area contributed by atoms with E-state index in [2.05, 4.69) is 18.7 Å². The number of benzene rings is 1. The summed E-state index contributed by atoms with van der Waals surface area (Å²) in [4.78, 5) is 2.38. The maximum atomic E-state index is 9.88. The fourth-order valence-corrected chi connectivity index (χ4v) is 2.72. The third-order valence-electron chi connectivity index (χ3n) is 3.11. The Morgan fingerprint density at radius 2 is 2.00 bits per heavy atom. The SMILES string of the molecule is CCN(CC)CCSCC(O)COc1ccccc1N.